The standard InChI is InChI=1S/C16H13Cl2NO3/c1-10-8-11(17)6-7-14(10)19-15(20)9-22-16(21)12-4-2-3-5-13(12)18/h2-8H,9H2,1H3,(H,19,20). The Kier molecular flexibility index (Phi) is 5.41. The average molecular weight is 338 g/mol. The van der Waals surface area contributed by atoms with Crippen LogP contribution in [-0.2, 0) is 9.53 Å². The summed E-state index contributed by atoms with van der Waals surface area (Å²) in [6.45, 7) is 1.42. The molecule has 0 radical (unpaired) electrons. The lowest BCUT2D eigenvalue weighted by Gasteiger charge is -2.09. The molecule has 114 valence electrons. The fourth-order valence-corrected chi connectivity index (χ4v) is 2.23. The molecule has 0 saturated heterocycles. The number of aryl methyl sites for hydroxylation is 1. The summed E-state index contributed by atoms with van der Waals surface area (Å²) in [4.78, 5) is 23.6. The van der Waals surface area contributed by atoms with Crippen LogP contribution in [0.5, 0.6) is 0 Å². The zero-order valence-corrected chi connectivity index (χ0v) is 13.2. The van der Waals surface area contributed by atoms with Gasteiger partial charge in [0.05, 0.1) is 10.6 Å². The third kappa shape index (κ3) is 4.23. The van der Waals surface area contributed by atoms with E-state index >= 15 is 0 Å². The smallest absolute Gasteiger partial charge is 0.340 e. The van der Waals surface area contributed by atoms with Crippen LogP contribution in [0.2, 0.25) is 10.0 Å². The molecule has 4 nitrogen and oxygen atoms in total. The third-order valence-electron chi connectivity index (χ3n) is 2.89. The molecule has 0 spiro atoms. The highest BCUT2D eigenvalue weighted by Gasteiger charge is 2.13. The number of hydrogen-bond donors (Lipinski definition) is 1. The molecule has 0 aliphatic carbocycles. The maximum Gasteiger partial charge on any atom is 0.340 e. The number of nitrogens with one attached hydrogen (secondary N) is 1. The van der Waals surface area contributed by atoms with Crippen LogP contribution in [0.15, 0.2) is 42.5 Å². The van der Waals surface area contributed by atoms with E-state index in [1.165, 1.54) is 6.07 Å². The van der Waals surface area contributed by atoms with Gasteiger partial charge in [0.2, 0.25) is 0 Å². The van der Waals surface area contributed by atoms with Crippen molar-refractivity contribution in [3.63, 3.8) is 0 Å². The first-order valence-corrected chi connectivity index (χ1v) is 7.20. The van der Waals surface area contributed by atoms with Crippen molar-refractivity contribution in [2.24, 2.45) is 0 Å². The molecule has 6 heteroatoms. The molecular formula is C16H13Cl2NO3. The highest BCUT2D eigenvalue weighted by molar-refractivity contribution is 6.33. The second-order valence-electron chi connectivity index (χ2n) is 4.56. The van der Waals surface area contributed by atoms with E-state index in [1.807, 2.05) is 6.92 Å². The van der Waals surface area contributed by atoms with Gasteiger partial charge < -0.3 is 10.1 Å². The summed E-state index contributed by atoms with van der Waals surface area (Å²) in [6, 6.07) is 11.6. The molecule has 0 heterocycles. The van der Waals surface area contributed by atoms with Gasteiger partial charge in [0.1, 0.15) is 0 Å². The lowest BCUT2D eigenvalue weighted by Crippen LogP contribution is -2.21. The number of benzene rings is 2. The zero-order chi connectivity index (χ0) is 16.1. The van der Waals surface area contributed by atoms with Crippen LogP contribution >= 0.6 is 23.2 Å². The molecule has 1 N–H and O–H groups in total. The maximum absolute atomic E-state index is 11.8. The predicted octanol–water partition coefficient (Wildman–Crippen LogP) is 4.10. The number of anilines is 1. The first kappa shape index (κ1) is 16.3. The van der Waals surface area contributed by atoms with Crippen LogP contribution in [0, 0.1) is 6.92 Å². The van der Waals surface area contributed by atoms with Gasteiger partial charge in [0.15, 0.2) is 6.61 Å². The molecule has 2 rings (SSSR count). The van der Waals surface area contributed by atoms with Crippen molar-refractivity contribution < 1.29 is 14.3 Å². The Morgan fingerprint density at radius 2 is 1.86 bits per heavy atom. The minimum atomic E-state index is -0.645. The van der Waals surface area contributed by atoms with Gasteiger partial charge >= 0.3 is 5.97 Å². The summed E-state index contributed by atoms with van der Waals surface area (Å²) in [7, 11) is 0. The second-order valence-corrected chi connectivity index (χ2v) is 5.41. The monoisotopic (exact) mass is 337 g/mol. The molecule has 0 atom stereocenters. The molecule has 0 aliphatic rings. The van der Waals surface area contributed by atoms with Crippen molar-refractivity contribution in [2.75, 3.05) is 11.9 Å². The van der Waals surface area contributed by atoms with E-state index < -0.39 is 18.5 Å². The summed E-state index contributed by atoms with van der Waals surface area (Å²) in [5, 5.41) is 3.51. The lowest BCUT2D eigenvalue weighted by molar-refractivity contribution is -0.119. The van der Waals surface area contributed by atoms with E-state index in [-0.39, 0.29) is 10.6 Å². The number of esters is 1. The number of rotatable bonds is 4. The first-order valence-electron chi connectivity index (χ1n) is 6.45. The molecule has 0 saturated carbocycles. The minimum Gasteiger partial charge on any atom is -0.452 e. The van der Waals surface area contributed by atoms with Gasteiger partial charge in [-0.3, -0.25) is 4.79 Å². The van der Waals surface area contributed by atoms with E-state index in [1.54, 1.807) is 36.4 Å². The molecule has 0 aromatic heterocycles. The quantitative estimate of drug-likeness (QED) is 0.854. The number of hydrogen-bond acceptors (Lipinski definition) is 3. The van der Waals surface area contributed by atoms with Crippen LogP contribution in [0.3, 0.4) is 0 Å². The highest BCUT2D eigenvalue weighted by Crippen LogP contribution is 2.19. The Morgan fingerprint density at radius 1 is 1.14 bits per heavy atom. The van der Waals surface area contributed by atoms with Crippen LogP contribution in [0.1, 0.15) is 15.9 Å². The van der Waals surface area contributed by atoms with E-state index in [9.17, 15) is 9.59 Å². The molecule has 0 bridgehead atoms. The molecule has 0 fully saturated rings. The first-order chi connectivity index (χ1) is 10.5. The number of carbonyl (C=O) groups excluding carboxylic acids is 2. The fourth-order valence-electron chi connectivity index (χ4n) is 1.79. The Labute approximate surface area is 138 Å². The Balaban J connectivity index is 1.93. The molecule has 1 amide bonds. The topological polar surface area (TPSA) is 55.4 Å². The number of halogens is 2. The van der Waals surface area contributed by atoms with Crippen molar-refractivity contribution in [1.29, 1.82) is 0 Å². The van der Waals surface area contributed by atoms with Gasteiger partial charge in [0.25, 0.3) is 5.91 Å². The van der Waals surface area contributed by atoms with Crippen molar-refractivity contribution >= 4 is 40.8 Å². The molecular weight excluding hydrogens is 325 g/mol. The van der Waals surface area contributed by atoms with E-state index in [0.717, 1.165) is 5.56 Å². The van der Waals surface area contributed by atoms with Crippen LogP contribution in [0.4, 0.5) is 5.69 Å². The summed E-state index contributed by atoms with van der Waals surface area (Å²) < 4.78 is 4.95. The minimum absolute atomic E-state index is 0.222. The number of ether oxygens (including phenoxy) is 1. The van der Waals surface area contributed by atoms with Crippen molar-refractivity contribution in [1.82, 2.24) is 0 Å². The molecule has 2 aromatic rings. The van der Waals surface area contributed by atoms with E-state index in [4.69, 9.17) is 27.9 Å². The summed E-state index contributed by atoms with van der Waals surface area (Å²) >= 11 is 11.7. The summed E-state index contributed by atoms with van der Waals surface area (Å²) in [5.74, 6) is -1.08. The number of carbonyl (C=O) groups is 2. The van der Waals surface area contributed by atoms with Crippen LogP contribution in [-0.4, -0.2) is 18.5 Å². The SMILES string of the molecule is Cc1cc(Cl)ccc1NC(=O)COC(=O)c1ccccc1Cl. The van der Waals surface area contributed by atoms with Crippen molar-refractivity contribution in [3.05, 3.63) is 63.6 Å². The molecule has 0 aliphatic heterocycles. The summed E-state index contributed by atoms with van der Waals surface area (Å²) in [6.07, 6.45) is 0. The van der Waals surface area contributed by atoms with Crippen LogP contribution in [0.25, 0.3) is 0 Å². The van der Waals surface area contributed by atoms with E-state index in [2.05, 4.69) is 5.32 Å². The lowest BCUT2D eigenvalue weighted by atomic mass is 10.2. The largest absolute Gasteiger partial charge is 0.452 e. The van der Waals surface area contributed by atoms with Crippen molar-refractivity contribution in [3.8, 4) is 0 Å². The average Bonchev–Trinajstić information content (AvgIpc) is 2.48. The molecule has 22 heavy (non-hydrogen) atoms. The Bertz CT molecular complexity index is 716. The highest BCUT2D eigenvalue weighted by atomic mass is 35.5. The van der Waals surface area contributed by atoms with Gasteiger partial charge in [-0.1, -0.05) is 35.3 Å². The molecule has 0 unspecified atom stereocenters. The predicted molar refractivity (Wildman–Crippen MR) is 86.6 cm³/mol. The van der Waals surface area contributed by atoms with E-state index in [0.29, 0.717) is 10.7 Å². The number of amides is 1. The Hall–Kier alpha value is -2.04. The normalized spacial score (nSPS) is 10.1. The van der Waals surface area contributed by atoms with Gasteiger partial charge in [-0.2, -0.15) is 0 Å². The Morgan fingerprint density at radius 3 is 2.55 bits per heavy atom. The van der Waals surface area contributed by atoms with Gasteiger partial charge in [0, 0.05) is 10.7 Å². The van der Waals surface area contributed by atoms with Gasteiger partial charge in [-0.05, 0) is 42.8 Å². The van der Waals surface area contributed by atoms with Crippen molar-refractivity contribution in [2.45, 2.75) is 6.92 Å². The maximum atomic E-state index is 11.8. The fraction of sp³-hybridized carbons (Fsp3) is 0.125. The zero-order valence-electron chi connectivity index (χ0n) is 11.7. The molecule has 2 aromatic carbocycles. The summed E-state index contributed by atoms with van der Waals surface area (Å²) in [5.41, 5.74) is 1.65. The van der Waals surface area contributed by atoms with Gasteiger partial charge in [-0.15, -0.1) is 0 Å². The second kappa shape index (κ2) is 7.29. The third-order valence-corrected chi connectivity index (χ3v) is 3.46. The van der Waals surface area contributed by atoms with Gasteiger partial charge in [-0.25, -0.2) is 4.79 Å². The van der Waals surface area contributed by atoms with Crippen LogP contribution < -0.4 is 5.32 Å².